The van der Waals surface area contributed by atoms with E-state index in [9.17, 15) is 22.4 Å². The SMILES string of the molecule is CS(=O)(=O)c1cc(F)ccc1N1CCN(C(=O)[C@H](NC(=O)c2ccc(Cl)cc2)c2ccccc2)CC1. The molecule has 7 nitrogen and oxygen atoms in total. The van der Waals surface area contributed by atoms with Crippen molar-refractivity contribution in [1.29, 1.82) is 0 Å². The first-order valence-electron chi connectivity index (χ1n) is 11.3. The number of anilines is 1. The predicted molar refractivity (Wildman–Crippen MR) is 136 cm³/mol. The molecule has 1 aliphatic rings. The molecule has 1 saturated heterocycles. The fourth-order valence-electron chi connectivity index (χ4n) is 4.15. The van der Waals surface area contributed by atoms with Crippen LogP contribution in [0.5, 0.6) is 0 Å². The van der Waals surface area contributed by atoms with E-state index < -0.39 is 27.6 Å². The van der Waals surface area contributed by atoms with Crippen LogP contribution in [0.2, 0.25) is 5.02 Å². The lowest BCUT2D eigenvalue weighted by molar-refractivity contribution is -0.133. The average molecular weight is 530 g/mol. The molecule has 1 fully saturated rings. The van der Waals surface area contributed by atoms with Gasteiger partial charge in [0.1, 0.15) is 11.9 Å². The summed E-state index contributed by atoms with van der Waals surface area (Å²) in [6.45, 7) is 1.32. The summed E-state index contributed by atoms with van der Waals surface area (Å²) in [4.78, 5) is 29.8. The number of benzene rings is 3. The molecule has 1 N–H and O–H groups in total. The Bertz CT molecular complexity index is 1360. The van der Waals surface area contributed by atoms with Crippen LogP contribution in [0.4, 0.5) is 10.1 Å². The summed E-state index contributed by atoms with van der Waals surface area (Å²) in [6.07, 6.45) is 1.04. The first-order valence-corrected chi connectivity index (χ1v) is 13.5. The van der Waals surface area contributed by atoms with Gasteiger partial charge in [-0.3, -0.25) is 9.59 Å². The Morgan fingerprint density at radius 3 is 2.19 bits per heavy atom. The van der Waals surface area contributed by atoms with Gasteiger partial charge in [0.15, 0.2) is 9.84 Å². The third-order valence-electron chi connectivity index (χ3n) is 6.02. The highest BCUT2D eigenvalue weighted by Crippen LogP contribution is 2.28. The Morgan fingerprint density at radius 1 is 0.944 bits per heavy atom. The van der Waals surface area contributed by atoms with E-state index in [1.165, 1.54) is 12.1 Å². The summed E-state index contributed by atoms with van der Waals surface area (Å²) in [7, 11) is -3.65. The average Bonchev–Trinajstić information content (AvgIpc) is 2.87. The molecule has 0 aromatic heterocycles. The number of sulfone groups is 1. The van der Waals surface area contributed by atoms with E-state index in [2.05, 4.69) is 5.32 Å². The molecule has 0 bridgehead atoms. The maximum absolute atomic E-state index is 13.7. The number of amides is 2. The zero-order valence-electron chi connectivity index (χ0n) is 19.5. The summed E-state index contributed by atoms with van der Waals surface area (Å²) in [5.41, 5.74) is 1.43. The number of carbonyl (C=O) groups excluding carboxylic acids is 2. The number of hydrogen-bond donors (Lipinski definition) is 1. The number of piperazine rings is 1. The van der Waals surface area contributed by atoms with Crippen molar-refractivity contribution in [3.05, 3.63) is 94.8 Å². The molecule has 10 heteroatoms. The molecule has 2 amide bonds. The lowest BCUT2D eigenvalue weighted by atomic mass is 10.0. The zero-order chi connectivity index (χ0) is 25.9. The summed E-state index contributed by atoms with van der Waals surface area (Å²) >= 11 is 5.92. The second-order valence-electron chi connectivity index (χ2n) is 8.52. The molecule has 0 spiro atoms. The summed E-state index contributed by atoms with van der Waals surface area (Å²) in [5, 5.41) is 3.34. The van der Waals surface area contributed by atoms with Crippen molar-refractivity contribution >= 4 is 38.9 Å². The normalized spacial score (nSPS) is 14.9. The molecule has 3 aromatic carbocycles. The van der Waals surface area contributed by atoms with Crippen molar-refractivity contribution < 1.29 is 22.4 Å². The van der Waals surface area contributed by atoms with Crippen LogP contribution in [0.3, 0.4) is 0 Å². The Morgan fingerprint density at radius 2 is 1.58 bits per heavy atom. The Balaban J connectivity index is 1.52. The van der Waals surface area contributed by atoms with Crippen molar-refractivity contribution in [2.45, 2.75) is 10.9 Å². The molecule has 0 saturated carbocycles. The fraction of sp³-hybridized carbons (Fsp3) is 0.231. The molecule has 1 aliphatic heterocycles. The monoisotopic (exact) mass is 529 g/mol. The predicted octanol–water partition coefficient (Wildman–Crippen LogP) is 3.70. The lowest BCUT2D eigenvalue weighted by Crippen LogP contribution is -2.52. The molecule has 1 heterocycles. The second-order valence-corrected chi connectivity index (χ2v) is 10.9. The molecule has 1 atom stereocenters. The van der Waals surface area contributed by atoms with Gasteiger partial charge in [0.05, 0.1) is 10.6 Å². The van der Waals surface area contributed by atoms with E-state index in [1.807, 2.05) is 11.0 Å². The highest BCUT2D eigenvalue weighted by molar-refractivity contribution is 7.90. The van der Waals surface area contributed by atoms with Gasteiger partial charge >= 0.3 is 0 Å². The van der Waals surface area contributed by atoms with Crippen LogP contribution in [0.25, 0.3) is 0 Å². The maximum Gasteiger partial charge on any atom is 0.252 e. The molecule has 36 heavy (non-hydrogen) atoms. The smallest absolute Gasteiger partial charge is 0.252 e. The number of rotatable bonds is 6. The van der Waals surface area contributed by atoms with Crippen LogP contribution in [-0.2, 0) is 14.6 Å². The van der Waals surface area contributed by atoms with E-state index in [1.54, 1.807) is 53.4 Å². The molecule has 4 rings (SSSR count). The third-order valence-corrected chi connectivity index (χ3v) is 7.39. The highest BCUT2D eigenvalue weighted by atomic mass is 35.5. The fourth-order valence-corrected chi connectivity index (χ4v) is 5.18. The standard InChI is InChI=1S/C26H25ClFN3O4S/c1-36(34,35)23-17-21(28)11-12-22(23)30-13-15-31(16-14-30)26(33)24(18-5-3-2-4-6-18)29-25(32)19-7-9-20(27)10-8-19/h2-12,17,24H,13-16H2,1H3,(H,29,32)/t24-/m1/s1. The van der Waals surface area contributed by atoms with Gasteiger partial charge in [-0.25, -0.2) is 12.8 Å². The quantitative estimate of drug-likeness (QED) is 0.526. The first-order chi connectivity index (χ1) is 17.1. The molecule has 0 radical (unpaired) electrons. The van der Waals surface area contributed by atoms with Crippen LogP contribution >= 0.6 is 11.6 Å². The summed E-state index contributed by atoms with van der Waals surface area (Å²) in [6, 6.07) is 18.1. The third kappa shape index (κ3) is 5.85. The van der Waals surface area contributed by atoms with Crippen molar-refractivity contribution in [3.8, 4) is 0 Å². The van der Waals surface area contributed by atoms with Gasteiger partial charge in [-0.1, -0.05) is 41.9 Å². The largest absolute Gasteiger partial charge is 0.367 e. The van der Waals surface area contributed by atoms with Crippen molar-refractivity contribution in [3.63, 3.8) is 0 Å². The molecular formula is C26H25ClFN3O4S. The first kappa shape index (κ1) is 25.7. The van der Waals surface area contributed by atoms with Crippen LogP contribution < -0.4 is 10.2 Å². The minimum absolute atomic E-state index is 0.0836. The van der Waals surface area contributed by atoms with Crippen molar-refractivity contribution in [2.24, 2.45) is 0 Å². The van der Waals surface area contributed by atoms with Gasteiger partial charge in [-0.2, -0.15) is 0 Å². The molecule has 0 aliphatic carbocycles. The number of carbonyl (C=O) groups is 2. The second kappa shape index (κ2) is 10.7. The van der Waals surface area contributed by atoms with E-state index in [0.717, 1.165) is 12.3 Å². The van der Waals surface area contributed by atoms with Crippen molar-refractivity contribution in [1.82, 2.24) is 10.2 Å². The van der Waals surface area contributed by atoms with E-state index >= 15 is 0 Å². The Kier molecular flexibility index (Phi) is 7.61. The van der Waals surface area contributed by atoms with Crippen LogP contribution in [0.15, 0.2) is 77.7 Å². The zero-order valence-corrected chi connectivity index (χ0v) is 21.1. The van der Waals surface area contributed by atoms with Gasteiger partial charge < -0.3 is 15.1 Å². The summed E-state index contributed by atoms with van der Waals surface area (Å²) in [5.74, 6) is -1.31. The minimum atomic E-state index is -3.65. The van der Waals surface area contributed by atoms with Crippen LogP contribution in [0, 0.1) is 5.82 Å². The summed E-state index contributed by atoms with van der Waals surface area (Å²) < 4.78 is 38.1. The number of nitrogens with zero attached hydrogens (tertiary/aromatic N) is 2. The topological polar surface area (TPSA) is 86.8 Å². The van der Waals surface area contributed by atoms with Gasteiger partial charge in [0.25, 0.3) is 5.91 Å². The number of nitrogens with one attached hydrogen (secondary N) is 1. The van der Waals surface area contributed by atoms with Crippen molar-refractivity contribution in [2.75, 3.05) is 37.3 Å². The molecular weight excluding hydrogens is 505 g/mol. The van der Waals surface area contributed by atoms with Crippen LogP contribution in [-0.4, -0.2) is 57.6 Å². The lowest BCUT2D eigenvalue weighted by Gasteiger charge is -2.38. The number of halogens is 2. The molecule has 188 valence electrons. The van der Waals surface area contributed by atoms with E-state index in [-0.39, 0.29) is 10.8 Å². The van der Waals surface area contributed by atoms with Gasteiger partial charge in [0, 0.05) is 43.0 Å². The van der Waals surface area contributed by atoms with E-state index in [0.29, 0.717) is 48.0 Å². The highest BCUT2D eigenvalue weighted by Gasteiger charge is 2.31. The molecule has 0 unspecified atom stereocenters. The number of hydrogen-bond acceptors (Lipinski definition) is 5. The van der Waals surface area contributed by atoms with Gasteiger partial charge in [0.2, 0.25) is 5.91 Å². The maximum atomic E-state index is 13.7. The van der Waals surface area contributed by atoms with E-state index in [4.69, 9.17) is 11.6 Å². The van der Waals surface area contributed by atoms with Gasteiger partial charge in [-0.15, -0.1) is 0 Å². The Hall–Kier alpha value is -3.43. The Labute approximate surface area is 214 Å². The van der Waals surface area contributed by atoms with Gasteiger partial charge in [-0.05, 0) is 48.0 Å². The minimum Gasteiger partial charge on any atom is -0.367 e. The van der Waals surface area contributed by atoms with Crippen LogP contribution in [0.1, 0.15) is 22.0 Å². The molecule has 3 aromatic rings.